The Morgan fingerprint density at radius 2 is 1.33 bits per heavy atom. The van der Waals surface area contributed by atoms with Crippen molar-refractivity contribution in [2.45, 2.75) is 84.6 Å². The maximum absolute atomic E-state index is 15.2. The molecule has 5 aromatic carbocycles. The van der Waals surface area contributed by atoms with Crippen LogP contribution in [0.25, 0.3) is 32.3 Å². The summed E-state index contributed by atoms with van der Waals surface area (Å²) >= 11 is 0. The molecule has 0 aromatic heterocycles. The zero-order valence-electron chi connectivity index (χ0n) is 24.9. The summed E-state index contributed by atoms with van der Waals surface area (Å²) in [6, 6.07) is 22.9. The van der Waals surface area contributed by atoms with Crippen LogP contribution in [0.2, 0.25) is 0 Å². The van der Waals surface area contributed by atoms with E-state index in [1.165, 1.54) is 0 Å². The third-order valence-corrected chi connectivity index (χ3v) is 12.9. The lowest BCUT2D eigenvalue weighted by atomic mass is 9.77. The fourth-order valence-electron chi connectivity index (χ4n) is 8.80. The third-order valence-electron chi connectivity index (χ3n) is 10.7. The average Bonchev–Trinajstić information content (AvgIpc) is 3.86. The first-order valence-electron chi connectivity index (χ1n) is 15.9. The molecule has 3 unspecified atom stereocenters. The minimum absolute atomic E-state index is 0.0157. The summed E-state index contributed by atoms with van der Waals surface area (Å²) in [5.41, 5.74) is 0.590. The van der Waals surface area contributed by atoms with Crippen molar-refractivity contribution < 1.29 is 35.0 Å². The molecule has 4 fully saturated rings. The summed E-state index contributed by atoms with van der Waals surface area (Å²) in [5.74, 6) is -0.108. The Bertz CT molecular complexity index is 2250. The molecule has 3 atom stereocenters. The van der Waals surface area contributed by atoms with E-state index in [1.54, 1.807) is 48.5 Å². The van der Waals surface area contributed by atoms with Crippen LogP contribution in [0.1, 0.15) is 62.0 Å². The van der Waals surface area contributed by atoms with Crippen molar-refractivity contribution in [1.82, 2.24) is 0 Å². The minimum Gasteiger partial charge on any atom is -0.378 e. The van der Waals surface area contributed by atoms with Gasteiger partial charge in [0.1, 0.15) is 9.79 Å². The highest BCUT2D eigenvalue weighted by molar-refractivity contribution is 7.87. The topological polar surface area (TPSA) is 116 Å². The summed E-state index contributed by atoms with van der Waals surface area (Å²) in [4.78, 5) is -0.146. The number of ether oxygens (including phenoxy) is 2. The van der Waals surface area contributed by atoms with Crippen LogP contribution in [0.4, 0.5) is 0 Å². The van der Waals surface area contributed by atoms with E-state index in [0.29, 0.717) is 11.1 Å². The van der Waals surface area contributed by atoms with Gasteiger partial charge >= 0.3 is 10.1 Å². The molecule has 4 heterocycles. The van der Waals surface area contributed by atoms with Gasteiger partial charge in [-0.3, -0.25) is 4.55 Å². The monoisotopic (exact) mass is 656 g/mol. The number of benzene rings is 5. The Morgan fingerprint density at radius 3 is 1.87 bits per heavy atom. The van der Waals surface area contributed by atoms with Gasteiger partial charge in [0.2, 0.25) is 0 Å². The lowest BCUT2D eigenvalue weighted by molar-refractivity contribution is 0.00884. The Hall–Kier alpha value is -3.54. The van der Waals surface area contributed by atoms with Gasteiger partial charge in [-0.2, -0.15) is 16.8 Å². The highest BCUT2D eigenvalue weighted by Gasteiger charge is 2.52. The number of fused-ring (bicyclic) bond motifs is 7. The van der Waals surface area contributed by atoms with Gasteiger partial charge in [-0.05, 0) is 67.3 Å². The zero-order chi connectivity index (χ0) is 31.4. The number of hydrogen-bond donors (Lipinski definition) is 1. The summed E-state index contributed by atoms with van der Waals surface area (Å²) in [6.07, 6.45) is 5.83. The van der Waals surface area contributed by atoms with Crippen LogP contribution < -0.4 is 4.18 Å². The van der Waals surface area contributed by atoms with E-state index in [0.717, 1.165) is 55.7 Å². The van der Waals surface area contributed by atoms with Gasteiger partial charge in [0.05, 0.1) is 23.9 Å². The fraction of sp³-hybridized carbons (Fsp3) is 0.333. The molecule has 0 radical (unpaired) electrons. The summed E-state index contributed by atoms with van der Waals surface area (Å²) in [7, 11) is -9.24. The summed E-state index contributed by atoms with van der Waals surface area (Å²) in [5, 5.41) is 2.66. The van der Waals surface area contributed by atoms with Crippen LogP contribution in [0.15, 0.2) is 88.7 Å². The highest BCUT2D eigenvalue weighted by Crippen LogP contribution is 2.57. The molecule has 5 aromatic rings. The Morgan fingerprint density at radius 1 is 0.717 bits per heavy atom. The van der Waals surface area contributed by atoms with E-state index in [4.69, 9.17) is 13.7 Å². The lowest BCUT2D eigenvalue weighted by Crippen LogP contribution is -2.29. The average molecular weight is 657 g/mol. The molecule has 10 heteroatoms. The minimum atomic E-state index is -4.68. The first-order chi connectivity index (χ1) is 22.1. The van der Waals surface area contributed by atoms with Gasteiger partial charge in [0, 0.05) is 33.0 Å². The molecular formula is C36H32O8S2. The Kier molecular flexibility index (Phi) is 6.22. The van der Waals surface area contributed by atoms with Gasteiger partial charge in [-0.15, -0.1) is 0 Å². The van der Waals surface area contributed by atoms with Crippen molar-refractivity contribution in [3.63, 3.8) is 0 Å². The maximum Gasteiger partial charge on any atom is 0.339 e. The van der Waals surface area contributed by atoms with Crippen molar-refractivity contribution in [1.29, 1.82) is 0 Å². The van der Waals surface area contributed by atoms with Crippen molar-refractivity contribution >= 4 is 52.6 Å². The maximum atomic E-state index is 15.2. The fourth-order valence-corrected chi connectivity index (χ4v) is 11.2. The molecule has 4 aliphatic rings. The number of rotatable bonds is 6. The molecule has 0 aliphatic carbocycles. The molecular weight excluding hydrogens is 625 g/mol. The molecule has 236 valence electrons. The first kappa shape index (κ1) is 28.7. The van der Waals surface area contributed by atoms with Crippen molar-refractivity contribution in [3.05, 3.63) is 90.0 Å². The van der Waals surface area contributed by atoms with Crippen LogP contribution >= 0.6 is 0 Å². The van der Waals surface area contributed by atoms with Crippen LogP contribution in [0.3, 0.4) is 0 Å². The molecule has 0 amide bonds. The van der Waals surface area contributed by atoms with Crippen molar-refractivity contribution in [2.24, 2.45) is 0 Å². The predicted molar refractivity (Wildman–Crippen MR) is 173 cm³/mol. The molecule has 4 saturated heterocycles. The second kappa shape index (κ2) is 9.98. The molecule has 1 N–H and O–H groups in total. The van der Waals surface area contributed by atoms with Crippen LogP contribution in [0.5, 0.6) is 5.75 Å². The quantitative estimate of drug-likeness (QED) is 0.115. The zero-order valence-corrected chi connectivity index (χ0v) is 26.5. The smallest absolute Gasteiger partial charge is 0.339 e. The van der Waals surface area contributed by atoms with E-state index >= 15 is 8.42 Å². The van der Waals surface area contributed by atoms with Gasteiger partial charge in [-0.1, -0.05) is 72.8 Å². The van der Waals surface area contributed by atoms with E-state index in [-0.39, 0.29) is 61.3 Å². The van der Waals surface area contributed by atoms with E-state index < -0.39 is 25.8 Å². The third kappa shape index (κ3) is 4.20. The van der Waals surface area contributed by atoms with Gasteiger partial charge in [0.15, 0.2) is 5.75 Å². The van der Waals surface area contributed by atoms with E-state index in [9.17, 15) is 13.0 Å². The van der Waals surface area contributed by atoms with E-state index in [2.05, 4.69) is 0 Å². The van der Waals surface area contributed by atoms with Gasteiger partial charge < -0.3 is 13.7 Å². The van der Waals surface area contributed by atoms with Crippen molar-refractivity contribution in [3.8, 4) is 5.75 Å². The molecule has 4 bridgehead atoms. The standard InChI is InChI=1S/C36H32O8S2/c37-45(38,39)34-27-11-5-3-9-25(27)33(26-10-4-6-12-28(26)34)44-46(40,41)35-30(29-20-23-13-14-31(29)42-23)19-21-7-1-2-8-24(21)32(35)36-17-15-22(43-36)16-18-36/h1-12,19,22-23,29,31H,13-18,20H2,(H,37,38,39). The lowest BCUT2D eigenvalue weighted by Gasteiger charge is -2.32. The van der Waals surface area contributed by atoms with Crippen molar-refractivity contribution in [2.75, 3.05) is 0 Å². The SMILES string of the molecule is O=S(=O)(O)c1c2ccccc2c(OS(=O)(=O)c2c(C3CC4CCC3O4)cc3ccccc3c2C23CCC(CC2)O3)c2ccccc12. The molecule has 9 rings (SSSR count). The first-order valence-corrected chi connectivity index (χ1v) is 18.7. The second-order valence-corrected chi connectivity index (χ2v) is 16.0. The molecule has 0 saturated carbocycles. The van der Waals surface area contributed by atoms with E-state index in [1.807, 2.05) is 30.3 Å². The summed E-state index contributed by atoms with van der Waals surface area (Å²) in [6.45, 7) is 0. The summed E-state index contributed by atoms with van der Waals surface area (Å²) < 4.78 is 85.3. The predicted octanol–water partition coefficient (Wildman–Crippen LogP) is 7.36. The normalized spacial score (nSPS) is 27.3. The number of hydrogen-bond acceptors (Lipinski definition) is 7. The Balaban J connectivity index is 1.34. The second-order valence-electron chi connectivity index (χ2n) is 13.2. The molecule has 8 nitrogen and oxygen atoms in total. The highest BCUT2D eigenvalue weighted by atomic mass is 32.2. The Labute approximate surface area is 267 Å². The van der Waals surface area contributed by atoms with Gasteiger partial charge in [0.25, 0.3) is 10.1 Å². The van der Waals surface area contributed by atoms with Crippen LogP contribution in [0, 0.1) is 0 Å². The molecule has 46 heavy (non-hydrogen) atoms. The van der Waals surface area contributed by atoms with Crippen LogP contribution in [-0.2, 0) is 35.3 Å². The molecule has 4 aliphatic heterocycles. The van der Waals surface area contributed by atoms with Gasteiger partial charge in [-0.25, -0.2) is 0 Å². The largest absolute Gasteiger partial charge is 0.378 e. The molecule has 0 spiro atoms. The van der Waals surface area contributed by atoms with Crippen LogP contribution in [-0.4, -0.2) is 39.7 Å².